The van der Waals surface area contributed by atoms with Crippen molar-refractivity contribution in [2.45, 2.75) is 19.6 Å². The van der Waals surface area contributed by atoms with Crippen molar-refractivity contribution in [1.29, 1.82) is 0 Å². The second kappa shape index (κ2) is 12.8. The second-order valence-corrected chi connectivity index (χ2v) is 14.0. The van der Waals surface area contributed by atoms with E-state index in [2.05, 4.69) is 45.7 Å². The van der Waals surface area contributed by atoms with Crippen LogP contribution in [0.5, 0.6) is 5.75 Å². The number of azo groups is 2. The molecule has 0 atom stereocenters. The van der Waals surface area contributed by atoms with E-state index in [4.69, 9.17) is 15.9 Å². The van der Waals surface area contributed by atoms with Crippen LogP contribution in [0.4, 0.5) is 28.4 Å². The quantitative estimate of drug-likeness (QED) is 0.0777. The van der Waals surface area contributed by atoms with Crippen molar-refractivity contribution in [3.8, 4) is 5.75 Å². The summed E-state index contributed by atoms with van der Waals surface area (Å²) in [5.41, 5.74) is 7.06. The fraction of sp³-hybridized carbons (Fsp3) is 0.154. The molecule has 0 fully saturated rings. The van der Waals surface area contributed by atoms with Crippen molar-refractivity contribution < 1.29 is 32.2 Å². The number of nitrogen functional groups attached to an aromatic ring is 1. The first kappa shape index (κ1) is 31.4. The van der Waals surface area contributed by atoms with Crippen molar-refractivity contribution in [2.24, 2.45) is 20.5 Å². The Bertz CT molecular complexity index is 1950. The number of hydrogen-bond acceptors (Lipinski definition) is 14. The van der Waals surface area contributed by atoms with Crippen LogP contribution in [0.15, 0.2) is 101 Å². The number of benzene rings is 4. The van der Waals surface area contributed by atoms with Gasteiger partial charge in [0.1, 0.15) is 11.4 Å². The summed E-state index contributed by atoms with van der Waals surface area (Å²) in [6.07, 6.45) is 0. The van der Waals surface area contributed by atoms with Crippen molar-refractivity contribution in [3.05, 3.63) is 60.7 Å². The van der Waals surface area contributed by atoms with Gasteiger partial charge in [-0.1, -0.05) is 6.07 Å². The van der Waals surface area contributed by atoms with Crippen LogP contribution < -0.4 is 5.73 Å². The monoisotopic (exact) mass is 647 g/mol. The molecule has 0 aliphatic heterocycles. The minimum atomic E-state index is -3.70. The summed E-state index contributed by atoms with van der Waals surface area (Å²) < 4.78 is 49.0. The van der Waals surface area contributed by atoms with E-state index in [9.17, 15) is 21.9 Å². The van der Waals surface area contributed by atoms with Gasteiger partial charge >= 0.3 is 0 Å². The lowest BCUT2D eigenvalue weighted by Crippen LogP contribution is -2.09. The molecule has 4 aromatic rings. The predicted molar refractivity (Wildman–Crippen MR) is 164 cm³/mol. The smallest absolute Gasteiger partial charge is 0.180 e. The van der Waals surface area contributed by atoms with Gasteiger partial charge in [0.15, 0.2) is 25.4 Å². The minimum Gasteiger partial charge on any atom is -0.505 e. The summed E-state index contributed by atoms with van der Waals surface area (Å²) in [6.45, 7) is -1.04. The largest absolute Gasteiger partial charge is 0.505 e. The molecule has 4 aromatic carbocycles. The maximum Gasteiger partial charge on any atom is 0.180 e. The summed E-state index contributed by atoms with van der Waals surface area (Å²) in [4.78, 5) is 0.390. The molecule has 0 aliphatic rings. The first-order chi connectivity index (χ1) is 19.9. The van der Waals surface area contributed by atoms with E-state index in [1.165, 1.54) is 48.5 Å². The molecule has 4 rings (SSSR count). The van der Waals surface area contributed by atoms with Gasteiger partial charge in [0.05, 0.1) is 51.6 Å². The molecule has 0 radical (unpaired) electrons. The van der Waals surface area contributed by atoms with E-state index < -0.39 is 44.4 Å². The third-order valence-electron chi connectivity index (χ3n) is 5.98. The molecule has 0 aliphatic carbocycles. The molecule has 16 heteroatoms. The second-order valence-electron chi connectivity index (χ2n) is 8.82. The third-order valence-corrected chi connectivity index (χ3v) is 10.1. The molecule has 0 heterocycles. The van der Waals surface area contributed by atoms with E-state index in [1.54, 1.807) is 12.1 Å². The molecule has 42 heavy (non-hydrogen) atoms. The first-order valence-corrected chi connectivity index (χ1v) is 16.3. The van der Waals surface area contributed by atoms with E-state index in [1.807, 2.05) is 0 Å². The number of thiol groups is 2. The Labute approximate surface area is 252 Å². The van der Waals surface area contributed by atoms with Crippen LogP contribution in [0.3, 0.4) is 0 Å². The number of rotatable bonds is 10. The fourth-order valence-electron chi connectivity index (χ4n) is 3.85. The molecule has 220 valence electrons. The van der Waals surface area contributed by atoms with Crippen LogP contribution in [-0.2, 0) is 19.7 Å². The van der Waals surface area contributed by atoms with Gasteiger partial charge in [-0.05, 0) is 54.6 Å². The van der Waals surface area contributed by atoms with Crippen molar-refractivity contribution >= 4 is 84.1 Å². The highest BCUT2D eigenvalue weighted by Crippen LogP contribution is 2.45. The van der Waals surface area contributed by atoms with Gasteiger partial charge in [0.2, 0.25) is 0 Å². The van der Waals surface area contributed by atoms with E-state index in [-0.39, 0.29) is 53.8 Å². The van der Waals surface area contributed by atoms with Gasteiger partial charge in [0, 0.05) is 20.6 Å². The van der Waals surface area contributed by atoms with Crippen molar-refractivity contribution in [3.63, 3.8) is 0 Å². The number of sulfone groups is 2. The van der Waals surface area contributed by atoms with E-state index in [0.29, 0.717) is 10.8 Å². The molecule has 0 saturated heterocycles. The Balaban J connectivity index is 1.71. The Morgan fingerprint density at radius 1 is 0.690 bits per heavy atom. The Hall–Kier alpha value is -3.54. The number of aliphatic hydroxyl groups is 2. The minimum absolute atomic E-state index is 0.0134. The lowest BCUT2D eigenvalue weighted by Gasteiger charge is -2.10. The summed E-state index contributed by atoms with van der Waals surface area (Å²) in [5, 5.41) is 46.3. The average molecular weight is 648 g/mol. The number of phenols is 1. The van der Waals surface area contributed by atoms with Gasteiger partial charge in [0.25, 0.3) is 0 Å². The van der Waals surface area contributed by atoms with Crippen LogP contribution in [0.25, 0.3) is 10.8 Å². The van der Waals surface area contributed by atoms with Crippen molar-refractivity contribution in [1.82, 2.24) is 0 Å². The number of aliphatic hydroxyl groups excluding tert-OH is 2. The number of fused-ring (bicyclic) bond motifs is 1. The summed E-state index contributed by atoms with van der Waals surface area (Å²) in [6, 6.07) is 14.4. The molecule has 0 unspecified atom stereocenters. The predicted octanol–water partition coefficient (Wildman–Crippen LogP) is 5.07. The summed E-state index contributed by atoms with van der Waals surface area (Å²) in [5.74, 6) is -1.14. The zero-order chi connectivity index (χ0) is 30.7. The fourth-order valence-corrected chi connectivity index (χ4v) is 6.59. The SMILES string of the molecule is Nc1ccc2c(O)c(/N=N/c3cccc(S(=O)(=O)CCO)c3)c(S)cc2c1/N=N/c1ccc(S(=O)(=O)CCO)cc1S. The average Bonchev–Trinajstić information content (AvgIpc) is 2.93. The lowest BCUT2D eigenvalue weighted by molar-refractivity contribution is 0.319. The number of hydrogen-bond donors (Lipinski definition) is 6. The Morgan fingerprint density at radius 3 is 1.98 bits per heavy atom. The summed E-state index contributed by atoms with van der Waals surface area (Å²) >= 11 is 8.75. The van der Waals surface area contributed by atoms with Gasteiger partial charge in [-0.15, -0.1) is 40.6 Å². The van der Waals surface area contributed by atoms with Crippen molar-refractivity contribution in [2.75, 3.05) is 30.5 Å². The van der Waals surface area contributed by atoms with E-state index >= 15 is 0 Å². The number of phenolic OH excluding ortho intramolecular Hbond substituents is 1. The van der Waals surface area contributed by atoms with Crippen LogP contribution in [0, 0.1) is 0 Å². The van der Waals surface area contributed by atoms with Crippen LogP contribution in [-0.4, -0.2) is 56.9 Å². The number of nitrogens with two attached hydrogens (primary N) is 1. The van der Waals surface area contributed by atoms with Gasteiger partial charge in [-0.2, -0.15) is 5.11 Å². The standard InChI is InChI=1S/C26H25N5O7S4/c27-20-6-5-18-19(24(20)30-29-21-7-4-17(13-22(21)39)42(37,38)11-9-33)14-23(40)25(26(18)34)31-28-15-2-1-3-16(12-15)41(35,36)10-8-32/h1-7,12-14,32-34,39-40H,8-11,27H2/b30-29+,31-28+. The molecule has 0 bridgehead atoms. The highest BCUT2D eigenvalue weighted by atomic mass is 32.2. The van der Waals surface area contributed by atoms with Crippen LogP contribution in [0.1, 0.15) is 0 Å². The number of anilines is 1. The van der Waals surface area contributed by atoms with Crippen LogP contribution in [0.2, 0.25) is 0 Å². The maximum absolute atomic E-state index is 12.3. The molecule has 12 nitrogen and oxygen atoms in total. The molecule has 0 aromatic heterocycles. The molecular weight excluding hydrogens is 623 g/mol. The highest BCUT2D eigenvalue weighted by molar-refractivity contribution is 7.91. The van der Waals surface area contributed by atoms with Gasteiger partial charge in [-0.25, -0.2) is 16.8 Å². The number of nitrogens with zero attached hydrogens (tertiary/aromatic N) is 4. The summed E-state index contributed by atoms with van der Waals surface area (Å²) in [7, 11) is -7.38. The molecule has 5 N–H and O–H groups in total. The Kier molecular flexibility index (Phi) is 9.54. The normalized spacial score (nSPS) is 12.6. The third kappa shape index (κ3) is 6.74. The molecular formula is C26H25N5O7S4. The van der Waals surface area contributed by atoms with E-state index in [0.717, 1.165) is 0 Å². The van der Waals surface area contributed by atoms with Crippen LogP contribution >= 0.6 is 25.3 Å². The highest BCUT2D eigenvalue weighted by Gasteiger charge is 2.18. The van der Waals surface area contributed by atoms with Gasteiger partial charge < -0.3 is 21.1 Å². The maximum atomic E-state index is 12.3. The topological polar surface area (TPSA) is 204 Å². The number of aromatic hydroxyl groups is 1. The zero-order valence-corrected chi connectivity index (χ0v) is 25.1. The first-order valence-electron chi connectivity index (χ1n) is 12.1. The molecule has 0 saturated carbocycles. The Morgan fingerprint density at radius 2 is 1.33 bits per heavy atom. The zero-order valence-electron chi connectivity index (χ0n) is 21.7. The molecule has 0 spiro atoms. The van der Waals surface area contributed by atoms with Gasteiger partial charge in [-0.3, -0.25) is 0 Å². The lowest BCUT2D eigenvalue weighted by atomic mass is 10.1. The molecule has 0 amide bonds.